The Bertz CT molecular complexity index is 504. The number of aliphatic hydroxyl groups is 2. The Labute approximate surface area is 129 Å². The van der Waals surface area contributed by atoms with E-state index in [1.807, 2.05) is 0 Å². The molecule has 21 heavy (non-hydrogen) atoms. The molecule has 0 aliphatic heterocycles. The second kappa shape index (κ2) is 8.17. The van der Waals surface area contributed by atoms with Crippen molar-refractivity contribution >= 4 is 22.8 Å². The molecule has 1 aromatic carbocycles. The Hall–Kier alpha value is -1.37. The van der Waals surface area contributed by atoms with Crippen LogP contribution < -0.4 is 0 Å². The minimum absolute atomic E-state index is 0.0183. The topological polar surface area (TPSA) is 77.8 Å². The number of carbonyl (C=O) groups excluding carboxylic acids is 2. The van der Waals surface area contributed by atoms with Gasteiger partial charge in [-0.15, -0.1) is 0 Å². The molecule has 0 fully saturated rings. The highest BCUT2D eigenvalue weighted by molar-refractivity contribution is 8.13. The first-order valence-corrected chi connectivity index (χ1v) is 7.62. The number of carbonyl (C=O) groups is 2. The Morgan fingerprint density at radius 1 is 1.29 bits per heavy atom. The van der Waals surface area contributed by atoms with Crippen molar-refractivity contribution in [2.45, 2.75) is 25.6 Å². The molecule has 116 valence electrons. The molecule has 0 spiro atoms. The fourth-order valence-electron chi connectivity index (χ4n) is 1.82. The smallest absolute Gasteiger partial charge is 0.253 e. The molecule has 2 unspecified atom stereocenters. The van der Waals surface area contributed by atoms with E-state index in [4.69, 9.17) is 0 Å². The van der Waals surface area contributed by atoms with Gasteiger partial charge in [0.05, 0.1) is 6.10 Å². The van der Waals surface area contributed by atoms with Gasteiger partial charge in [-0.25, -0.2) is 0 Å². The zero-order valence-electron chi connectivity index (χ0n) is 12.4. The number of aliphatic hydroxyl groups excluding tert-OH is 2. The lowest BCUT2D eigenvalue weighted by Crippen LogP contribution is -2.23. The van der Waals surface area contributed by atoms with Gasteiger partial charge in [0.1, 0.15) is 6.10 Å². The Morgan fingerprint density at radius 3 is 2.52 bits per heavy atom. The van der Waals surface area contributed by atoms with Crippen LogP contribution in [-0.4, -0.2) is 52.1 Å². The van der Waals surface area contributed by atoms with Gasteiger partial charge in [0.2, 0.25) is 0 Å². The SMILES string of the molecule is CC(=O)SCCC(O)C(O)c1cccc(C(=O)N(C)C)c1. The first kappa shape index (κ1) is 17.7. The van der Waals surface area contributed by atoms with Crippen LogP contribution in [0.3, 0.4) is 0 Å². The lowest BCUT2D eigenvalue weighted by Gasteiger charge is -2.19. The van der Waals surface area contributed by atoms with Gasteiger partial charge in [0.15, 0.2) is 5.12 Å². The molecule has 0 saturated heterocycles. The summed E-state index contributed by atoms with van der Waals surface area (Å²) in [6.07, 6.45) is -1.74. The molecule has 1 aromatic rings. The summed E-state index contributed by atoms with van der Waals surface area (Å²) in [4.78, 5) is 24.2. The molecule has 0 aliphatic carbocycles. The van der Waals surface area contributed by atoms with E-state index in [0.29, 0.717) is 23.3 Å². The van der Waals surface area contributed by atoms with Crippen LogP contribution in [0.2, 0.25) is 0 Å². The molecule has 2 atom stereocenters. The monoisotopic (exact) mass is 311 g/mol. The van der Waals surface area contributed by atoms with Crippen molar-refractivity contribution in [1.82, 2.24) is 4.90 Å². The van der Waals surface area contributed by atoms with Crippen LogP contribution >= 0.6 is 11.8 Å². The minimum atomic E-state index is -1.08. The zero-order chi connectivity index (χ0) is 16.0. The van der Waals surface area contributed by atoms with Gasteiger partial charge in [0.25, 0.3) is 5.91 Å². The largest absolute Gasteiger partial charge is 0.390 e. The maximum Gasteiger partial charge on any atom is 0.253 e. The fourth-order valence-corrected chi connectivity index (χ4v) is 2.46. The molecule has 0 saturated carbocycles. The lowest BCUT2D eigenvalue weighted by atomic mass is 10.0. The second-order valence-electron chi connectivity index (χ2n) is 4.97. The standard InChI is InChI=1S/C15H21NO4S/c1-10(17)21-8-7-13(18)14(19)11-5-4-6-12(9-11)15(20)16(2)3/h4-6,9,13-14,18-19H,7-8H2,1-3H3. The highest BCUT2D eigenvalue weighted by atomic mass is 32.2. The van der Waals surface area contributed by atoms with E-state index in [0.717, 1.165) is 11.8 Å². The first-order chi connectivity index (χ1) is 9.82. The van der Waals surface area contributed by atoms with Crippen molar-refractivity contribution in [3.05, 3.63) is 35.4 Å². The molecule has 6 heteroatoms. The Kier molecular flexibility index (Phi) is 6.87. The van der Waals surface area contributed by atoms with Gasteiger partial charge in [-0.3, -0.25) is 9.59 Å². The summed E-state index contributed by atoms with van der Waals surface area (Å²) >= 11 is 1.11. The number of hydrogen-bond acceptors (Lipinski definition) is 5. The van der Waals surface area contributed by atoms with Crippen LogP contribution in [0, 0.1) is 0 Å². The van der Waals surface area contributed by atoms with Gasteiger partial charge in [-0.1, -0.05) is 23.9 Å². The van der Waals surface area contributed by atoms with Crippen LogP contribution in [0.5, 0.6) is 0 Å². The summed E-state index contributed by atoms with van der Waals surface area (Å²) in [6.45, 7) is 1.46. The molecule has 1 rings (SSSR count). The van der Waals surface area contributed by atoms with Gasteiger partial charge in [-0.2, -0.15) is 0 Å². The predicted octanol–water partition coefficient (Wildman–Crippen LogP) is 1.45. The summed E-state index contributed by atoms with van der Waals surface area (Å²) in [6, 6.07) is 6.58. The normalized spacial score (nSPS) is 13.6. The van der Waals surface area contributed by atoms with Gasteiger partial charge >= 0.3 is 0 Å². The van der Waals surface area contributed by atoms with E-state index in [-0.39, 0.29) is 11.0 Å². The number of thioether (sulfide) groups is 1. The van der Waals surface area contributed by atoms with Crippen LogP contribution in [0.4, 0.5) is 0 Å². The fraction of sp³-hybridized carbons (Fsp3) is 0.467. The molecule has 2 N–H and O–H groups in total. The quantitative estimate of drug-likeness (QED) is 0.831. The number of benzene rings is 1. The van der Waals surface area contributed by atoms with Gasteiger partial charge in [-0.05, 0) is 24.1 Å². The summed E-state index contributed by atoms with van der Waals surface area (Å²) < 4.78 is 0. The molecular weight excluding hydrogens is 290 g/mol. The third-order valence-corrected chi connectivity index (χ3v) is 3.81. The third kappa shape index (κ3) is 5.49. The van der Waals surface area contributed by atoms with E-state index in [1.165, 1.54) is 11.8 Å². The molecule has 1 amide bonds. The van der Waals surface area contributed by atoms with E-state index >= 15 is 0 Å². The summed E-state index contributed by atoms with van der Waals surface area (Å²) in [7, 11) is 3.30. The van der Waals surface area contributed by atoms with Crippen LogP contribution in [0.1, 0.15) is 35.4 Å². The van der Waals surface area contributed by atoms with Crippen LogP contribution in [0.15, 0.2) is 24.3 Å². The zero-order valence-corrected chi connectivity index (χ0v) is 13.3. The number of rotatable bonds is 6. The first-order valence-electron chi connectivity index (χ1n) is 6.64. The van der Waals surface area contributed by atoms with E-state index in [9.17, 15) is 19.8 Å². The second-order valence-corrected chi connectivity index (χ2v) is 6.24. The van der Waals surface area contributed by atoms with Crippen molar-refractivity contribution in [3.8, 4) is 0 Å². The van der Waals surface area contributed by atoms with Crippen molar-refractivity contribution < 1.29 is 19.8 Å². The molecule has 0 heterocycles. The molecular formula is C15H21NO4S. The molecule has 5 nitrogen and oxygen atoms in total. The van der Waals surface area contributed by atoms with Crippen molar-refractivity contribution in [2.24, 2.45) is 0 Å². The highest BCUT2D eigenvalue weighted by Crippen LogP contribution is 2.22. The average molecular weight is 311 g/mol. The maximum absolute atomic E-state index is 11.9. The van der Waals surface area contributed by atoms with Crippen LogP contribution in [0.25, 0.3) is 0 Å². The maximum atomic E-state index is 11.9. The van der Waals surface area contributed by atoms with E-state index < -0.39 is 12.2 Å². The summed E-state index contributed by atoms with van der Waals surface area (Å²) in [5, 5.41) is 20.1. The predicted molar refractivity (Wildman–Crippen MR) is 83.2 cm³/mol. The number of hydrogen-bond donors (Lipinski definition) is 2. The average Bonchev–Trinajstić information content (AvgIpc) is 2.45. The molecule has 0 aromatic heterocycles. The summed E-state index contributed by atoms with van der Waals surface area (Å²) in [5.74, 6) is 0.287. The summed E-state index contributed by atoms with van der Waals surface area (Å²) in [5.41, 5.74) is 0.949. The molecule has 0 aliphatic rings. The van der Waals surface area contributed by atoms with Crippen molar-refractivity contribution in [3.63, 3.8) is 0 Å². The molecule has 0 bridgehead atoms. The van der Waals surface area contributed by atoms with Crippen molar-refractivity contribution in [1.29, 1.82) is 0 Å². The van der Waals surface area contributed by atoms with Gasteiger partial charge < -0.3 is 15.1 Å². The Morgan fingerprint density at radius 2 is 1.95 bits per heavy atom. The lowest BCUT2D eigenvalue weighted by molar-refractivity contribution is -0.109. The van der Waals surface area contributed by atoms with E-state index in [1.54, 1.807) is 38.4 Å². The minimum Gasteiger partial charge on any atom is -0.390 e. The Balaban J connectivity index is 2.73. The van der Waals surface area contributed by atoms with E-state index in [2.05, 4.69) is 0 Å². The number of amides is 1. The van der Waals surface area contributed by atoms with Crippen LogP contribution in [-0.2, 0) is 4.79 Å². The van der Waals surface area contributed by atoms with Gasteiger partial charge in [0, 0.05) is 32.3 Å². The number of nitrogens with zero attached hydrogens (tertiary/aromatic N) is 1. The molecule has 0 radical (unpaired) electrons. The van der Waals surface area contributed by atoms with Crippen molar-refractivity contribution in [2.75, 3.05) is 19.8 Å². The highest BCUT2D eigenvalue weighted by Gasteiger charge is 2.19. The third-order valence-electron chi connectivity index (χ3n) is 2.96.